The number of amides is 1. The third-order valence-electron chi connectivity index (χ3n) is 3.80. The zero-order valence-electron chi connectivity index (χ0n) is 15.9. The van der Waals surface area contributed by atoms with Gasteiger partial charge in [-0.3, -0.25) is 4.79 Å². The van der Waals surface area contributed by atoms with Crippen LogP contribution in [0.1, 0.15) is 40.5 Å². The molecule has 0 saturated carbocycles. The molecule has 2 aromatic rings. The van der Waals surface area contributed by atoms with Crippen molar-refractivity contribution in [3.8, 4) is 5.75 Å². The summed E-state index contributed by atoms with van der Waals surface area (Å²) in [6.45, 7) is 2.15. The van der Waals surface area contributed by atoms with Crippen LogP contribution in [-0.4, -0.2) is 38.2 Å². The molecule has 0 spiro atoms. The minimum Gasteiger partial charge on any atom is -0.484 e. The van der Waals surface area contributed by atoms with Crippen molar-refractivity contribution < 1.29 is 28.6 Å². The monoisotopic (exact) mass is 385 g/mol. The van der Waals surface area contributed by atoms with Crippen LogP contribution < -0.4 is 10.1 Å². The van der Waals surface area contributed by atoms with Crippen molar-refractivity contribution in [1.29, 1.82) is 0 Å². The molecular weight excluding hydrogens is 362 g/mol. The summed E-state index contributed by atoms with van der Waals surface area (Å²) in [5.74, 6) is -0.934. The molecule has 1 N–H and O–H groups in total. The van der Waals surface area contributed by atoms with Crippen molar-refractivity contribution in [1.82, 2.24) is 0 Å². The Kier molecular flexibility index (Phi) is 8.02. The quantitative estimate of drug-likeness (QED) is 0.525. The number of benzene rings is 2. The summed E-state index contributed by atoms with van der Waals surface area (Å²) in [7, 11) is 1.27. The summed E-state index contributed by atoms with van der Waals surface area (Å²) in [6.07, 6.45) is 1.77. The fourth-order valence-electron chi connectivity index (χ4n) is 2.30. The van der Waals surface area contributed by atoms with Gasteiger partial charge in [-0.1, -0.05) is 25.5 Å². The lowest BCUT2D eigenvalue weighted by Gasteiger charge is -2.11. The molecule has 0 aliphatic rings. The molecule has 0 fully saturated rings. The first kappa shape index (κ1) is 21.0. The van der Waals surface area contributed by atoms with Crippen LogP contribution in [0.3, 0.4) is 0 Å². The lowest BCUT2D eigenvalue weighted by Crippen LogP contribution is -2.21. The van der Waals surface area contributed by atoms with E-state index in [0.29, 0.717) is 23.6 Å². The molecule has 0 saturated heterocycles. The Hall–Kier alpha value is -3.35. The summed E-state index contributed by atoms with van der Waals surface area (Å²) >= 11 is 0. The van der Waals surface area contributed by atoms with Crippen LogP contribution in [0, 0.1) is 0 Å². The maximum atomic E-state index is 12.1. The standard InChI is InChI=1S/C21H23NO6/c1-3-4-13-27-20(24)15-9-11-16(12-10-15)28-14-19(23)22-18-8-6-5-7-17(18)21(25)26-2/h5-12H,3-4,13-14H2,1-2H3,(H,22,23). The van der Waals surface area contributed by atoms with Gasteiger partial charge in [0.1, 0.15) is 5.75 Å². The van der Waals surface area contributed by atoms with Gasteiger partial charge in [-0.15, -0.1) is 0 Å². The van der Waals surface area contributed by atoms with E-state index >= 15 is 0 Å². The second-order valence-corrected chi connectivity index (χ2v) is 5.89. The molecule has 0 atom stereocenters. The van der Waals surface area contributed by atoms with Gasteiger partial charge in [0.15, 0.2) is 6.61 Å². The number of unbranched alkanes of at least 4 members (excludes halogenated alkanes) is 1. The minimum absolute atomic E-state index is 0.254. The predicted octanol–water partition coefficient (Wildman–Crippen LogP) is 3.45. The number of hydrogen-bond donors (Lipinski definition) is 1. The van der Waals surface area contributed by atoms with Gasteiger partial charge in [-0.25, -0.2) is 9.59 Å². The number of hydrogen-bond acceptors (Lipinski definition) is 6. The van der Waals surface area contributed by atoms with E-state index in [1.807, 2.05) is 6.92 Å². The summed E-state index contributed by atoms with van der Waals surface area (Å²) in [6, 6.07) is 12.9. The summed E-state index contributed by atoms with van der Waals surface area (Å²) in [4.78, 5) is 35.7. The molecule has 7 heteroatoms. The fraction of sp³-hybridized carbons (Fsp3) is 0.286. The van der Waals surface area contributed by atoms with E-state index in [-0.39, 0.29) is 12.2 Å². The van der Waals surface area contributed by atoms with Gasteiger partial charge in [-0.05, 0) is 42.8 Å². The fourth-order valence-corrected chi connectivity index (χ4v) is 2.30. The van der Waals surface area contributed by atoms with Gasteiger partial charge in [0.2, 0.25) is 0 Å². The number of methoxy groups -OCH3 is 1. The molecule has 0 aromatic heterocycles. The number of para-hydroxylation sites is 1. The number of anilines is 1. The van der Waals surface area contributed by atoms with Gasteiger partial charge in [0.25, 0.3) is 5.91 Å². The van der Waals surface area contributed by atoms with E-state index in [1.165, 1.54) is 7.11 Å². The Balaban J connectivity index is 1.88. The van der Waals surface area contributed by atoms with Crippen molar-refractivity contribution in [2.75, 3.05) is 25.6 Å². The predicted molar refractivity (Wildman–Crippen MR) is 104 cm³/mol. The van der Waals surface area contributed by atoms with Crippen LogP contribution in [0.15, 0.2) is 48.5 Å². The highest BCUT2D eigenvalue weighted by molar-refractivity contribution is 6.01. The highest BCUT2D eigenvalue weighted by Gasteiger charge is 2.13. The number of ether oxygens (including phenoxy) is 3. The molecular formula is C21H23NO6. The second-order valence-electron chi connectivity index (χ2n) is 5.89. The molecule has 148 valence electrons. The molecule has 1 amide bonds. The number of nitrogens with one attached hydrogen (secondary N) is 1. The molecule has 0 aliphatic carbocycles. The van der Waals surface area contributed by atoms with Gasteiger partial charge in [0.05, 0.1) is 30.5 Å². The van der Waals surface area contributed by atoms with Crippen LogP contribution in [-0.2, 0) is 14.3 Å². The van der Waals surface area contributed by atoms with Crippen LogP contribution in [0.4, 0.5) is 5.69 Å². The van der Waals surface area contributed by atoms with Gasteiger partial charge in [0, 0.05) is 0 Å². The summed E-state index contributed by atoms with van der Waals surface area (Å²) < 4.78 is 15.2. The Bertz CT molecular complexity index is 816. The Morgan fingerprint density at radius 1 is 0.964 bits per heavy atom. The number of rotatable bonds is 9. The van der Waals surface area contributed by atoms with Gasteiger partial charge >= 0.3 is 11.9 Å². The molecule has 0 aliphatic heterocycles. The maximum absolute atomic E-state index is 12.1. The number of esters is 2. The van der Waals surface area contributed by atoms with Gasteiger partial charge in [-0.2, -0.15) is 0 Å². The van der Waals surface area contributed by atoms with E-state index in [9.17, 15) is 14.4 Å². The third-order valence-corrected chi connectivity index (χ3v) is 3.80. The first-order valence-corrected chi connectivity index (χ1v) is 8.92. The highest BCUT2D eigenvalue weighted by atomic mass is 16.5. The van der Waals surface area contributed by atoms with E-state index in [1.54, 1.807) is 48.5 Å². The zero-order valence-corrected chi connectivity index (χ0v) is 15.9. The lowest BCUT2D eigenvalue weighted by molar-refractivity contribution is -0.118. The van der Waals surface area contributed by atoms with Crippen LogP contribution in [0.2, 0.25) is 0 Å². The van der Waals surface area contributed by atoms with E-state index in [0.717, 1.165) is 12.8 Å². The minimum atomic E-state index is -0.543. The third kappa shape index (κ3) is 6.12. The van der Waals surface area contributed by atoms with E-state index in [4.69, 9.17) is 9.47 Å². The van der Waals surface area contributed by atoms with Gasteiger partial charge < -0.3 is 19.5 Å². The van der Waals surface area contributed by atoms with Crippen molar-refractivity contribution in [3.05, 3.63) is 59.7 Å². The zero-order chi connectivity index (χ0) is 20.4. The smallest absolute Gasteiger partial charge is 0.339 e. The number of carbonyl (C=O) groups excluding carboxylic acids is 3. The molecule has 0 bridgehead atoms. The van der Waals surface area contributed by atoms with Crippen molar-refractivity contribution in [2.45, 2.75) is 19.8 Å². The normalized spacial score (nSPS) is 10.1. The first-order valence-electron chi connectivity index (χ1n) is 8.92. The van der Waals surface area contributed by atoms with Crippen LogP contribution >= 0.6 is 0 Å². The lowest BCUT2D eigenvalue weighted by atomic mass is 10.2. The van der Waals surface area contributed by atoms with Crippen LogP contribution in [0.25, 0.3) is 0 Å². The highest BCUT2D eigenvalue weighted by Crippen LogP contribution is 2.17. The van der Waals surface area contributed by atoms with E-state index < -0.39 is 17.8 Å². The molecule has 0 unspecified atom stereocenters. The largest absolute Gasteiger partial charge is 0.484 e. The molecule has 28 heavy (non-hydrogen) atoms. The molecule has 0 heterocycles. The Morgan fingerprint density at radius 3 is 2.36 bits per heavy atom. The first-order chi connectivity index (χ1) is 13.5. The van der Waals surface area contributed by atoms with Crippen molar-refractivity contribution in [3.63, 3.8) is 0 Å². The maximum Gasteiger partial charge on any atom is 0.339 e. The molecule has 2 rings (SSSR count). The Labute approximate surface area is 163 Å². The molecule has 7 nitrogen and oxygen atoms in total. The molecule has 0 radical (unpaired) electrons. The topological polar surface area (TPSA) is 90.9 Å². The SMILES string of the molecule is CCCCOC(=O)c1ccc(OCC(=O)Nc2ccccc2C(=O)OC)cc1. The molecule has 2 aromatic carbocycles. The second kappa shape index (κ2) is 10.7. The van der Waals surface area contributed by atoms with Crippen molar-refractivity contribution >= 4 is 23.5 Å². The van der Waals surface area contributed by atoms with Crippen LogP contribution in [0.5, 0.6) is 5.75 Å². The van der Waals surface area contributed by atoms with Crippen molar-refractivity contribution in [2.24, 2.45) is 0 Å². The Morgan fingerprint density at radius 2 is 1.68 bits per heavy atom. The average molecular weight is 385 g/mol. The van der Waals surface area contributed by atoms with E-state index in [2.05, 4.69) is 10.1 Å². The summed E-state index contributed by atoms with van der Waals surface area (Å²) in [5.41, 5.74) is 1.01. The number of carbonyl (C=O) groups is 3. The summed E-state index contributed by atoms with van der Waals surface area (Å²) in [5, 5.41) is 2.62. The average Bonchev–Trinajstić information content (AvgIpc) is 2.72.